The second kappa shape index (κ2) is 5.27. The summed E-state index contributed by atoms with van der Waals surface area (Å²) in [6.45, 7) is 2.54. The highest BCUT2D eigenvalue weighted by molar-refractivity contribution is 9.10. The maximum absolute atomic E-state index is 10.7. The molecule has 0 spiro atoms. The highest BCUT2D eigenvalue weighted by atomic mass is 79.9. The lowest BCUT2D eigenvalue weighted by atomic mass is 9.77. The number of hydrogen-bond acceptors (Lipinski definition) is 4. The minimum atomic E-state index is -1.08. The summed E-state index contributed by atoms with van der Waals surface area (Å²) < 4.78 is 18.2. The zero-order valence-corrected chi connectivity index (χ0v) is 12.3. The summed E-state index contributed by atoms with van der Waals surface area (Å²) in [6.07, 6.45) is -1.57. The monoisotopic (exact) mass is 341 g/mol. The standard InChI is InChI=1S/C12H13BBrNO5/c1-6-5-18-8-3-2-7(14)10-9(4-15-12(16)17)20-13(19-6)11(8)10/h2-3,6,9,15H,4-5H2,1H3,(H,16,17). The third-order valence-corrected chi connectivity index (χ3v) is 4.00. The summed E-state index contributed by atoms with van der Waals surface area (Å²) >= 11 is 3.48. The molecule has 106 valence electrons. The van der Waals surface area contributed by atoms with Crippen LogP contribution in [-0.4, -0.2) is 37.6 Å². The van der Waals surface area contributed by atoms with Crippen LogP contribution in [0.2, 0.25) is 0 Å². The van der Waals surface area contributed by atoms with Crippen molar-refractivity contribution in [1.82, 2.24) is 5.32 Å². The number of nitrogens with one attached hydrogen (secondary N) is 1. The fourth-order valence-corrected chi connectivity index (χ4v) is 3.06. The Morgan fingerprint density at radius 1 is 1.55 bits per heavy atom. The summed E-state index contributed by atoms with van der Waals surface area (Å²) in [5, 5.41) is 11.1. The Balaban J connectivity index is 1.97. The molecule has 2 aliphatic rings. The van der Waals surface area contributed by atoms with E-state index in [1.165, 1.54) is 0 Å². The molecule has 6 nitrogen and oxygen atoms in total. The van der Waals surface area contributed by atoms with Crippen molar-refractivity contribution < 1.29 is 23.9 Å². The predicted molar refractivity (Wildman–Crippen MR) is 75.4 cm³/mol. The summed E-state index contributed by atoms with van der Waals surface area (Å²) in [6, 6.07) is 3.75. The Kier molecular flexibility index (Phi) is 3.62. The van der Waals surface area contributed by atoms with E-state index >= 15 is 0 Å². The van der Waals surface area contributed by atoms with Crippen molar-refractivity contribution >= 4 is 34.6 Å². The fraction of sp³-hybridized carbons (Fsp3) is 0.417. The number of carboxylic acid groups (broad SMARTS) is 1. The van der Waals surface area contributed by atoms with Crippen molar-refractivity contribution in [2.45, 2.75) is 19.1 Å². The molecule has 0 aromatic heterocycles. The van der Waals surface area contributed by atoms with Crippen molar-refractivity contribution in [2.24, 2.45) is 0 Å². The minimum absolute atomic E-state index is 0.0924. The van der Waals surface area contributed by atoms with E-state index in [-0.39, 0.29) is 12.6 Å². The van der Waals surface area contributed by atoms with Crippen LogP contribution in [0.1, 0.15) is 18.6 Å². The van der Waals surface area contributed by atoms with Gasteiger partial charge in [-0.1, -0.05) is 15.9 Å². The summed E-state index contributed by atoms with van der Waals surface area (Å²) in [7, 11) is -0.518. The van der Waals surface area contributed by atoms with Crippen LogP contribution in [0.25, 0.3) is 0 Å². The van der Waals surface area contributed by atoms with Crippen LogP contribution >= 0.6 is 15.9 Å². The zero-order chi connectivity index (χ0) is 14.3. The van der Waals surface area contributed by atoms with Gasteiger partial charge in [0, 0.05) is 16.5 Å². The molecule has 2 atom stereocenters. The van der Waals surface area contributed by atoms with Gasteiger partial charge >= 0.3 is 13.2 Å². The van der Waals surface area contributed by atoms with Gasteiger partial charge in [-0.15, -0.1) is 0 Å². The quantitative estimate of drug-likeness (QED) is 0.792. The Bertz CT molecular complexity index is 555. The Morgan fingerprint density at radius 2 is 2.35 bits per heavy atom. The van der Waals surface area contributed by atoms with Crippen LogP contribution in [0, 0.1) is 0 Å². The number of ether oxygens (including phenoxy) is 1. The van der Waals surface area contributed by atoms with Crippen LogP contribution in [-0.2, 0) is 9.31 Å². The highest BCUT2D eigenvalue weighted by Gasteiger charge is 2.44. The molecule has 0 saturated carbocycles. The normalized spacial score (nSPS) is 23.8. The first-order valence-electron chi connectivity index (χ1n) is 6.29. The molecule has 0 radical (unpaired) electrons. The molecule has 2 N–H and O–H groups in total. The van der Waals surface area contributed by atoms with E-state index < -0.39 is 19.3 Å². The molecule has 2 aliphatic heterocycles. The lowest BCUT2D eigenvalue weighted by Gasteiger charge is -2.17. The molecule has 0 bridgehead atoms. The van der Waals surface area contributed by atoms with Crippen molar-refractivity contribution in [3.8, 4) is 5.75 Å². The van der Waals surface area contributed by atoms with Crippen molar-refractivity contribution in [2.75, 3.05) is 13.2 Å². The Labute approximate surface area is 124 Å². The van der Waals surface area contributed by atoms with E-state index in [9.17, 15) is 4.79 Å². The van der Waals surface area contributed by atoms with Gasteiger partial charge in [0.1, 0.15) is 12.4 Å². The van der Waals surface area contributed by atoms with Crippen LogP contribution < -0.4 is 15.5 Å². The third kappa shape index (κ3) is 2.39. The number of benzene rings is 1. The number of rotatable bonds is 2. The van der Waals surface area contributed by atoms with Gasteiger partial charge in [-0.2, -0.15) is 0 Å². The molecule has 1 amide bonds. The largest absolute Gasteiger partial charge is 0.498 e. The van der Waals surface area contributed by atoms with E-state index in [0.29, 0.717) is 6.61 Å². The zero-order valence-electron chi connectivity index (χ0n) is 10.8. The van der Waals surface area contributed by atoms with Gasteiger partial charge in [0.25, 0.3) is 0 Å². The van der Waals surface area contributed by atoms with Crippen LogP contribution in [0.3, 0.4) is 0 Å². The molecule has 0 fully saturated rings. The van der Waals surface area contributed by atoms with Gasteiger partial charge in [0.2, 0.25) is 0 Å². The van der Waals surface area contributed by atoms with E-state index in [1.54, 1.807) is 0 Å². The maximum atomic E-state index is 10.7. The molecular formula is C12H13BBrNO5. The number of carbonyl (C=O) groups is 1. The van der Waals surface area contributed by atoms with Crippen LogP contribution in [0.5, 0.6) is 5.75 Å². The summed E-state index contributed by atoms with van der Waals surface area (Å²) in [5.74, 6) is 0.732. The molecule has 0 aliphatic carbocycles. The van der Waals surface area contributed by atoms with Gasteiger partial charge in [0.05, 0.1) is 12.2 Å². The predicted octanol–water partition coefficient (Wildman–Crippen LogP) is 1.28. The van der Waals surface area contributed by atoms with Crippen molar-refractivity contribution in [3.63, 3.8) is 0 Å². The van der Waals surface area contributed by atoms with Gasteiger partial charge < -0.3 is 24.5 Å². The molecule has 20 heavy (non-hydrogen) atoms. The lowest BCUT2D eigenvalue weighted by molar-refractivity contribution is 0.0976. The number of hydrogen-bond donors (Lipinski definition) is 2. The van der Waals surface area contributed by atoms with E-state index in [4.69, 9.17) is 19.2 Å². The SMILES string of the molecule is CC1COc2ccc(Br)c3c2B(O1)OC3CNC(=O)O. The second-order valence-corrected chi connectivity index (χ2v) is 5.63. The summed E-state index contributed by atoms with van der Waals surface area (Å²) in [5.41, 5.74) is 1.73. The first kappa shape index (κ1) is 13.7. The molecule has 2 heterocycles. The van der Waals surface area contributed by atoms with Crippen molar-refractivity contribution in [1.29, 1.82) is 0 Å². The fourth-order valence-electron chi connectivity index (χ4n) is 2.46. The van der Waals surface area contributed by atoms with Gasteiger partial charge in [-0.05, 0) is 24.6 Å². The number of halogens is 1. The van der Waals surface area contributed by atoms with Crippen LogP contribution in [0.4, 0.5) is 4.79 Å². The topological polar surface area (TPSA) is 77.0 Å². The van der Waals surface area contributed by atoms with E-state index in [0.717, 1.165) is 21.2 Å². The number of amides is 1. The second-order valence-electron chi connectivity index (χ2n) is 4.77. The highest BCUT2D eigenvalue weighted by Crippen LogP contribution is 2.35. The summed E-state index contributed by atoms with van der Waals surface area (Å²) in [4.78, 5) is 10.7. The van der Waals surface area contributed by atoms with Gasteiger partial charge in [0.15, 0.2) is 0 Å². The Hall–Kier alpha value is -1.25. The molecule has 3 rings (SSSR count). The van der Waals surface area contributed by atoms with Crippen molar-refractivity contribution in [3.05, 3.63) is 22.2 Å². The van der Waals surface area contributed by atoms with Crippen LogP contribution in [0.15, 0.2) is 16.6 Å². The molecule has 0 saturated heterocycles. The maximum Gasteiger partial charge on any atom is 0.498 e. The molecule has 8 heteroatoms. The molecular weight excluding hydrogens is 329 g/mol. The van der Waals surface area contributed by atoms with E-state index in [2.05, 4.69) is 21.2 Å². The van der Waals surface area contributed by atoms with E-state index in [1.807, 2.05) is 19.1 Å². The van der Waals surface area contributed by atoms with Gasteiger partial charge in [-0.3, -0.25) is 0 Å². The first-order chi connectivity index (χ1) is 9.56. The molecule has 1 aromatic carbocycles. The third-order valence-electron chi connectivity index (χ3n) is 3.31. The molecule has 1 aromatic rings. The lowest BCUT2D eigenvalue weighted by Crippen LogP contribution is -2.34. The average molecular weight is 342 g/mol. The Morgan fingerprint density at radius 3 is 3.10 bits per heavy atom. The average Bonchev–Trinajstić information content (AvgIpc) is 2.67. The minimum Gasteiger partial charge on any atom is -0.491 e. The molecule has 2 unspecified atom stereocenters. The van der Waals surface area contributed by atoms with Gasteiger partial charge in [-0.25, -0.2) is 4.79 Å². The smallest absolute Gasteiger partial charge is 0.491 e. The first-order valence-corrected chi connectivity index (χ1v) is 7.08.